The number of alkyl halides is 2. The third-order valence-corrected chi connectivity index (χ3v) is 4.31. The summed E-state index contributed by atoms with van der Waals surface area (Å²) in [7, 11) is 0. The van der Waals surface area contributed by atoms with E-state index < -0.39 is 48.6 Å². The summed E-state index contributed by atoms with van der Waals surface area (Å²) in [5.74, 6) is -5.63. The Hall–Kier alpha value is -3.11. The summed E-state index contributed by atoms with van der Waals surface area (Å²) >= 11 is 0. The maximum Gasteiger partial charge on any atom is 0.303 e. The van der Waals surface area contributed by atoms with Crippen molar-refractivity contribution in [3.63, 3.8) is 0 Å². The van der Waals surface area contributed by atoms with Gasteiger partial charge in [0.1, 0.15) is 6.04 Å². The van der Waals surface area contributed by atoms with Gasteiger partial charge in [0.15, 0.2) is 0 Å². The molecule has 9 nitrogen and oxygen atoms in total. The van der Waals surface area contributed by atoms with Crippen molar-refractivity contribution in [2.45, 2.75) is 44.7 Å². The molecule has 3 amide bonds. The zero-order chi connectivity index (χ0) is 21.6. The lowest BCUT2D eigenvalue weighted by Crippen LogP contribution is -2.46. The zero-order valence-electron chi connectivity index (χ0n) is 15.8. The molecule has 0 spiro atoms. The Kier molecular flexibility index (Phi) is 7.18. The summed E-state index contributed by atoms with van der Waals surface area (Å²) in [5.41, 5.74) is 0.542. The molecule has 1 aliphatic rings. The van der Waals surface area contributed by atoms with Crippen molar-refractivity contribution in [1.82, 2.24) is 20.5 Å². The number of nitrogens with one attached hydrogen (secondary N) is 2. The van der Waals surface area contributed by atoms with Gasteiger partial charge in [0, 0.05) is 31.1 Å². The maximum atomic E-state index is 13.3. The Morgan fingerprint density at radius 1 is 1.31 bits per heavy atom. The minimum atomic E-state index is -2.91. The van der Waals surface area contributed by atoms with E-state index >= 15 is 0 Å². The summed E-state index contributed by atoms with van der Waals surface area (Å²) in [6.45, 7) is 0.693. The van der Waals surface area contributed by atoms with Crippen LogP contribution in [0.4, 0.5) is 8.78 Å². The second kappa shape index (κ2) is 9.39. The van der Waals surface area contributed by atoms with Gasteiger partial charge in [-0.25, -0.2) is 8.78 Å². The number of aliphatic carboxylic acids is 1. The van der Waals surface area contributed by atoms with E-state index in [2.05, 4.69) is 15.6 Å². The Balaban J connectivity index is 1.89. The Bertz CT molecular complexity index is 802. The van der Waals surface area contributed by atoms with E-state index in [0.717, 1.165) is 4.90 Å². The number of pyridine rings is 1. The van der Waals surface area contributed by atoms with Gasteiger partial charge in [-0.3, -0.25) is 24.2 Å². The van der Waals surface area contributed by atoms with E-state index in [1.165, 1.54) is 25.3 Å². The molecule has 1 aliphatic heterocycles. The van der Waals surface area contributed by atoms with Crippen LogP contribution in [0.1, 0.15) is 42.2 Å². The first-order valence-electron chi connectivity index (χ1n) is 8.98. The first-order chi connectivity index (χ1) is 13.6. The fraction of sp³-hybridized carbons (Fsp3) is 0.500. The zero-order valence-corrected chi connectivity index (χ0v) is 15.8. The van der Waals surface area contributed by atoms with Crippen LogP contribution in [0, 0.1) is 0 Å². The van der Waals surface area contributed by atoms with Gasteiger partial charge in [0.2, 0.25) is 11.8 Å². The van der Waals surface area contributed by atoms with E-state index in [1.54, 1.807) is 0 Å². The molecule has 11 heteroatoms. The predicted octanol–water partition coefficient (Wildman–Crippen LogP) is 0.549. The lowest BCUT2D eigenvalue weighted by molar-refractivity contribution is -0.138. The molecule has 158 valence electrons. The standard InChI is InChI=1S/C18H22F2N4O5/c1-11(17(29)24-7-5-18(19,20)10-24)23-16(28)12-4-6-21-13(8-12)9-22-14(25)2-3-15(26)27/h4,6,8,11H,2-3,5,7,9-10H2,1H3,(H,22,25)(H,23,28)(H,26,27)/t11-/m0/s1. The lowest BCUT2D eigenvalue weighted by Gasteiger charge is -2.21. The largest absolute Gasteiger partial charge is 0.481 e. The SMILES string of the molecule is C[C@H](NC(=O)c1ccnc(CNC(=O)CCC(=O)O)c1)C(=O)N1CCC(F)(F)C1. The first-order valence-corrected chi connectivity index (χ1v) is 8.98. The highest BCUT2D eigenvalue weighted by atomic mass is 19.3. The molecule has 0 aliphatic carbocycles. The Morgan fingerprint density at radius 2 is 2.03 bits per heavy atom. The van der Waals surface area contributed by atoms with Crippen molar-refractivity contribution in [3.05, 3.63) is 29.6 Å². The second-order valence-corrected chi connectivity index (χ2v) is 6.77. The van der Waals surface area contributed by atoms with E-state index in [1.807, 2.05) is 0 Å². The van der Waals surface area contributed by atoms with Crippen molar-refractivity contribution >= 4 is 23.7 Å². The minimum absolute atomic E-state index is 0.00306. The van der Waals surface area contributed by atoms with Gasteiger partial charge < -0.3 is 20.6 Å². The van der Waals surface area contributed by atoms with Crippen LogP contribution in [0.3, 0.4) is 0 Å². The average molecular weight is 412 g/mol. The van der Waals surface area contributed by atoms with Gasteiger partial charge in [0.05, 0.1) is 25.2 Å². The van der Waals surface area contributed by atoms with Crippen LogP contribution in [0.25, 0.3) is 0 Å². The normalized spacial score (nSPS) is 16.2. The molecule has 1 aromatic rings. The molecule has 0 unspecified atom stereocenters. The summed E-state index contributed by atoms with van der Waals surface area (Å²) in [4.78, 5) is 51.6. The molecule has 0 bridgehead atoms. The van der Waals surface area contributed by atoms with Crippen LogP contribution >= 0.6 is 0 Å². The number of hydrogen-bond donors (Lipinski definition) is 3. The maximum absolute atomic E-state index is 13.3. The molecule has 3 N–H and O–H groups in total. The summed E-state index contributed by atoms with van der Waals surface area (Å²) < 4.78 is 26.5. The van der Waals surface area contributed by atoms with Crippen molar-refractivity contribution in [2.24, 2.45) is 0 Å². The summed E-state index contributed by atoms with van der Waals surface area (Å²) in [6.07, 6.45) is 0.480. The third kappa shape index (κ3) is 6.77. The molecule has 1 fully saturated rings. The smallest absolute Gasteiger partial charge is 0.303 e. The van der Waals surface area contributed by atoms with Gasteiger partial charge in [0.25, 0.3) is 11.8 Å². The predicted molar refractivity (Wildman–Crippen MR) is 96.0 cm³/mol. The molecule has 1 atom stereocenters. The monoisotopic (exact) mass is 412 g/mol. The van der Waals surface area contributed by atoms with Gasteiger partial charge in [-0.1, -0.05) is 0 Å². The van der Waals surface area contributed by atoms with Crippen molar-refractivity contribution in [2.75, 3.05) is 13.1 Å². The van der Waals surface area contributed by atoms with Crippen molar-refractivity contribution in [1.29, 1.82) is 0 Å². The molecule has 2 rings (SSSR count). The fourth-order valence-corrected chi connectivity index (χ4v) is 2.75. The fourth-order valence-electron chi connectivity index (χ4n) is 2.75. The third-order valence-electron chi connectivity index (χ3n) is 4.31. The molecule has 1 saturated heterocycles. The van der Waals surface area contributed by atoms with Gasteiger partial charge in [-0.2, -0.15) is 0 Å². The second-order valence-electron chi connectivity index (χ2n) is 6.77. The minimum Gasteiger partial charge on any atom is -0.481 e. The van der Waals surface area contributed by atoms with Crippen LogP contribution in [0.2, 0.25) is 0 Å². The van der Waals surface area contributed by atoms with E-state index in [4.69, 9.17) is 5.11 Å². The van der Waals surface area contributed by atoms with Crippen LogP contribution in [-0.2, 0) is 20.9 Å². The van der Waals surface area contributed by atoms with Crippen molar-refractivity contribution < 1.29 is 33.1 Å². The van der Waals surface area contributed by atoms with E-state index in [-0.39, 0.29) is 31.5 Å². The summed E-state index contributed by atoms with van der Waals surface area (Å²) in [6, 6.07) is 1.84. The van der Waals surface area contributed by atoms with Crippen LogP contribution < -0.4 is 10.6 Å². The number of likely N-dealkylation sites (tertiary alicyclic amines) is 1. The first kappa shape index (κ1) is 22.2. The highest BCUT2D eigenvalue weighted by molar-refractivity contribution is 5.97. The number of aromatic nitrogens is 1. The number of rotatable bonds is 8. The number of halogens is 2. The number of carbonyl (C=O) groups excluding carboxylic acids is 3. The van der Waals surface area contributed by atoms with E-state index in [0.29, 0.717) is 5.69 Å². The average Bonchev–Trinajstić information content (AvgIpc) is 3.03. The highest BCUT2D eigenvalue weighted by Crippen LogP contribution is 2.27. The molecule has 2 heterocycles. The number of amides is 3. The topological polar surface area (TPSA) is 129 Å². The number of carboxylic acids is 1. The van der Waals surface area contributed by atoms with Crippen LogP contribution in [0.15, 0.2) is 18.3 Å². The number of hydrogen-bond acceptors (Lipinski definition) is 5. The lowest BCUT2D eigenvalue weighted by atomic mass is 10.2. The molecular weight excluding hydrogens is 390 g/mol. The molecule has 0 aromatic carbocycles. The highest BCUT2D eigenvalue weighted by Gasteiger charge is 2.41. The molecule has 29 heavy (non-hydrogen) atoms. The number of carbonyl (C=O) groups is 4. The van der Waals surface area contributed by atoms with Crippen molar-refractivity contribution in [3.8, 4) is 0 Å². The molecule has 0 saturated carbocycles. The number of carboxylic acid groups (broad SMARTS) is 1. The van der Waals surface area contributed by atoms with Gasteiger partial charge in [-0.05, 0) is 19.1 Å². The summed E-state index contributed by atoms with van der Waals surface area (Å²) in [5, 5.41) is 13.5. The quantitative estimate of drug-likeness (QED) is 0.572. The molecular formula is C18H22F2N4O5. The van der Waals surface area contributed by atoms with Crippen LogP contribution in [-0.4, -0.2) is 63.7 Å². The molecule has 0 radical (unpaired) electrons. The Morgan fingerprint density at radius 3 is 2.66 bits per heavy atom. The Labute approximate surface area is 165 Å². The van der Waals surface area contributed by atoms with Crippen LogP contribution in [0.5, 0.6) is 0 Å². The number of nitrogens with zero attached hydrogens (tertiary/aromatic N) is 2. The van der Waals surface area contributed by atoms with Gasteiger partial charge in [-0.15, -0.1) is 0 Å². The molecule has 1 aromatic heterocycles. The van der Waals surface area contributed by atoms with Gasteiger partial charge >= 0.3 is 5.97 Å². The van der Waals surface area contributed by atoms with E-state index in [9.17, 15) is 28.0 Å².